The van der Waals surface area contributed by atoms with Gasteiger partial charge >= 0.3 is 0 Å². The molecule has 2 heterocycles. The largest absolute Gasteiger partial charge is 0.324 e. The SMILES string of the molecule is O=C(CN1C(=O)S/C(=C\C=C\c2ccccc2)C1=O)Nc1cccc(S(=O)(=O)N2CCCCCC2)c1. The number of carbonyl (C=O) groups excluding carboxylic acids is 3. The number of benzene rings is 2. The Kier molecular flexibility index (Phi) is 8.40. The average Bonchev–Trinajstić information content (AvgIpc) is 3.06. The summed E-state index contributed by atoms with van der Waals surface area (Å²) in [4.78, 5) is 38.8. The lowest BCUT2D eigenvalue weighted by Crippen LogP contribution is -2.36. The van der Waals surface area contributed by atoms with E-state index in [0.29, 0.717) is 13.1 Å². The first-order valence-electron chi connectivity index (χ1n) is 11.7. The molecule has 2 fully saturated rings. The van der Waals surface area contributed by atoms with Gasteiger partial charge in [0.05, 0.1) is 9.80 Å². The van der Waals surface area contributed by atoms with Gasteiger partial charge in [-0.25, -0.2) is 8.42 Å². The number of anilines is 1. The third kappa shape index (κ3) is 6.31. The van der Waals surface area contributed by atoms with Gasteiger partial charge in [-0.2, -0.15) is 4.31 Å². The van der Waals surface area contributed by atoms with Crippen LogP contribution in [0.15, 0.2) is 76.5 Å². The molecule has 2 aromatic rings. The second-order valence-corrected chi connectivity index (χ2v) is 11.4. The van der Waals surface area contributed by atoms with Crippen molar-refractivity contribution in [1.29, 1.82) is 0 Å². The van der Waals surface area contributed by atoms with E-state index in [4.69, 9.17) is 0 Å². The Balaban J connectivity index is 1.39. The molecule has 0 spiro atoms. The summed E-state index contributed by atoms with van der Waals surface area (Å²) < 4.78 is 27.6. The van der Waals surface area contributed by atoms with Gasteiger partial charge in [-0.15, -0.1) is 0 Å². The number of nitrogens with one attached hydrogen (secondary N) is 1. The van der Waals surface area contributed by atoms with E-state index in [2.05, 4.69) is 5.32 Å². The maximum Gasteiger partial charge on any atom is 0.294 e. The van der Waals surface area contributed by atoms with Gasteiger partial charge in [0, 0.05) is 18.8 Å². The molecular weight excluding hydrogens is 498 g/mol. The van der Waals surface area contributed by atoms with Crippen LogP contribution in [0.4, 0.5) is 10.5 Å². The molecule has 3 amide bonds. The Labute approximate surface area is 215 Å². The van der Waals surface area contributed by atoms with E-state index < -0.39 is 33.6 Å². The standard InChI is InChI=1S/C26H27N3O5S2/c30-24(19-29-25(31)23(35-26(29)32)15-8-12-20-10-4-3-5-11-20)27-21-13-9-14-22(18-21)36(33,34)28-16-6-1-2-7-17-28/h3-5,8-15,18H,1-2,6-7,16-17,19H2,(H,27,30)/b12-8+,23-15-. The fourth-order valence-electron chi connectivity index (χ4n) is 3.97. The highest BCUT2D eigenvalue weighted by Crippen LogP contribution is 2.30. The van der Waals surface area contributed by atoms with Gasteiger partial charge in [-0.3, -0.25) is 19.3 Å². The Morgan fingerprint density at radius 3 is 2.42 bits per heavy atom. The number of thioether (sulfide) groups is 1. The minimum Gasteiger partial charge on any atom is -0.324 e. The summed E-state index contributed by atoms with van der Waals surface area (Å²) in [7, 11) is -3.67. The van der Waals surface area contributed by atoms with Crippen molar-refractivity contribution >= 4 is 50.6 Å². The Hall–Kier alpha value is -3.21. The molecule has 2 saturated heterocycles. The van der Waals surface area contributed by atoms with Gasteiger partial charge in [0.25, 0.3) is 11.1 Å². The molecule has 2 aromatic carbocycles. The fraction of sp³-hybridized carbons (Fsp3) is 0.269. The predicted molar refractivity (Wildman–Crippen MR) is 141 cm³/mol. The zero-order chi connectivity index (χ0) is 25.5. The van der Waals surface area contributed by atoms with Gasteiger partial charge in [0.2, 0.25) is 15.9 Å². The number of hydrogen-bond acceptors (Lipinski definition) is 6. The van der Waals surface area contributed by atoms with Crippen LogP contribution in [0.1, 0.15) is 31.2 Å². The first-order chi connectivity index (χ1) is 17.3. The van der Waals surface area contributed by atoms with E-state index in [1.807, 2.05) is 36.4 Å². The van der Waals surface area contributed by atoms with E-state index in [1.165, 1.54) is 16.4 Å². The number of hydrogen-bond donors (Lipinski definition) is 1. The van der Waals surface area contributed by atoms with E-state index in [-0.39, 0.29) is 15.5 Å². The van der Waals surface area contributed by atoms with Crippen molar-refractivity contribution in [3.05, 3.63) is 77.2 Å². The molecule has 36 heavy (non-hydrogen) atoms. The van der Waals surface area contributed by atoms with Crippen molar-refractivity contribution < 1.29 is 22.8 Å². The van der Waals surface area contributed by atoms with Crippen molar-refractivity contribution in [2.45, 2.75) is 30.6 Å². The molecule has 0 bridgehead atoms. The lowest BCUT2D eigenvalue weighted by Gasteiger charge is -2.20. The minimum absolute atomic E-state index is 0.0986. The van der Waals surface area contributed by atoms with Crippen molar-refractivity contribution in [2.75, 3.05) is 25.0 Å². The lowest BCUT2D eigenvalue weighted by molar-refractivity contribution is -0.127. The first kappa shape index (κ1) is 25.9. The molecule has 2 aliphatic rings. The molecule has 0 saturated carbocycles. The second kappa shape index (κ2) is 11.7. The number of imide groups is 1. The summed E-state index contributed by atoms with van der Waals surface area (Å²) in [6, 6.07) is 15.5. The maximum atomic E-state index is 13.1. The van der Waals surface area contributed by atoms with Crippen molar-refractivity contribution in [1.82, 2.24) is 9.21 Å². The molecule has 188 valence electrons. The summed E-state index contributed by atoms with van der Waals surface area (Å²) in [5.41, 5.74) is 1.23. The molecule has 0 radical (unpaired) electrons. The number of sulfonamides is 1. The zero-order valence-electron chi connectivity index (χ0n) is 19.6. The van der Waals surface area contributed by atoms with Crippen LogP contribution in [0.5, 0.6) is 0 Å². The summed E-state index contributed by atoms with van der Waals surface area (Å²) >= 11 is 0.771. The molecule has 8 nitrogen and oxygen atoms in total. The van der Waals surface area contributed by atoms with E-state index in [1.54, 1.807) is 24.3 Å². The maximum absolute atomic E-state index is 13.1. The molecule has 0 atom stereocenters. The van der Waals surface area contributed by atoms with E-state index in [0.717, 1.165) is 47.9 Å². The molecule has 10 heteroatoms. The van der Waals surface area contributed by atoms with E-state index in [9.17, 15) is 22.8 Å². The predicted octanol–water partition coefficient (Wildman–Crippen LogP) is 4.48. The molecule has 4 rings (SSSR count). The van der Waals surface area contributed by atoms with Crippen LogP contribution in [-0.4, -0.2) is 54.3 Å². The second-order valence-electron chi connectivity index (χ2n) is 8.45. The zero-order valence-corrected chi connectivity index (χ0v) is 21.3. The highest BCUT2D eigenvalue weighted by Gasteiger charge is 2.36. The van der Waals surface area contributed by atoms with Gasteiger partial charge < -0.3 is 5.32 Å². The Morgan fingerprint density at radius 2 is 1.69 bits per heavy atom. The monoisotopic (exact) mass is 525 g/mol. The molecule has 0 unspecified atom stereocenters. The molecule has 0 aromatic heterocycles. The third-order valence-corrected chi connectivity index (χ3v) is 8.65. The number of carbonyl (C=O) groups is 3. The number of amides is 3. The fourth-order valence-corrected chi connectivity index (χ4v) is 6.32. The van der Waals surface area contributed by atoms with Crippen molar-refractivity contribution in [3.63, 3.8) is 0 Å². The topological polar surface area (TPSA) is 104 Å². The van der Waals surface area contributed by atoms with Crippen LogP contribution in [0.25, 0.3) is 6.08 Å². The van der Waals surface area contributed by atoms with Crippen LogP contribution < -0.4 is 5.32 Å². The van der Waals surface area contributed by atoms with Crippen LogP contribution in [0, 0.1) is 0 Å². The summed E-state index contributed by atoms with van der Waals surface area (Å²) in [5.74, 6) is -1.14. The average molecular weight is 526 g/mol. The van der Waals surface area contributed by atoms with Crippen LogP contribution in [-0.2, 0) is 19.6 Å². The summed E-state index contributed by atoms with van der Waals surface area (Å²) in [6.45, 7) is 0.492. The quantitative estimate of drug-likeness (QED) is 0.535. The van der Waals surface area contributed by atoms with Crippen molar-refractivity contribution in [3.8, 4) is 0 Å². The summed E-state index contributed by atoms with van der Waals surface area (Å²) in [5, 5.41) is 2.07. The van der Waals surface area contributed by atoms with Crippen LogP contribution in [0.2, 0.25) is 0 Å². The van der Waals surface area contributed by atoms with Crippen LogP contribution >= 0.6 is 11.8 Å². The van der Waals surface area contributed by atoms with Gasteiger partial charge in [0.15, 0.2) is 0 Å². The third-order valence-electron chi connectivity index (χ3n) is 5.83. The summed E-state index contributed by atoms with van der Waals surface area (Å²) in [6.07, 6.45) is 8.71. The lowest BCUT2D eigenvalue weighted by atomic mass is 10.2. The van der Waals surface area contributed by atoms with Gasteiger partial charge in [-0.1, -0.05) is 61.4 Å². The molecule has 0 aliphatic carbocycles. The Morgan fingerprint density at radius 1 is 0.972 bits per heavy atom. The normalized spacial score (nSPS) is 18.7. The van der Waals surface area contributed by atoms with Crippen LogP contribution in [0.3, 0.4) is 0 Å². The molecule has 1 N–H and O–H groups in total. The first-order valence-corrected chi connectivity index (χ1v) is 14.0. The van der Waals surface area contributed by atoms with Gasteiger partial charge in [0.1, 0.15) is 6.54 Å². The molecular formula is C26H27N3O5S2. The van der Waals surface area contributed by atoms with Crippen molar-refractivity contribution in [2.24, 2.45) is 0 Å². The minimum atomic E-state index is -3.67. The highest BCUT2D eigenvalue weighted by atomic mass is 32.2. The Bertz CT molecular complexity index is 1300. The highest BCUT2D eigenvalue weighted by molar-refractivity contribution is 8.18. The number of rotatable bonds is 7. The molecule has 2 aliphatic heterocycles. The number of allylic oxidation sites excluding steroid dienone is 2. The number of nitrogens with zero attached hydrogens (tertiary/aromatic N) is 2. The smallest absolute Gasteiger partial charge is 0.294 e. The van der Waals surface area contributed by atoms with E-state index >= 15 is 0 Å². The van der Waals surface area contributed by atoms with Gasteiger partial charge in [-0.05, 0) is 54.4 Å².